The van der Waals surface area contributed by atoms with Crippen LogP contribution in [0.4, 0.5) is 13.2 Å². The summed E-state index contributed by atoms with van der Waals surface area (Å²) in [6, 6.07) is 9.19. The summed E-state index contributed by atoms with van der Waals surface area (Å²) >= 11 is 0. The minimum Gasteiger partial charge on any atom is -0.297 e. The summed E-state index contributed by atoms with van der Waals surface area (Å²) in [6.07, 6.45) is -4.07. The van der Waals surface area contributed by atoms with E-state index in [2.05, 4.69) is 0 Å². The fourth-order valence-corrected chi connectivity index (χ4v) is 6.17. The number of halogens is 3. The van der Waals surface area contributed by atoms with Gasteiger partial charge in [0.05, 0.1) is 5.75 Å². The van der Waals surface area contributed by atoms with Gasteiger partial charge in [-0.2, -0.15) is 13.2 Å². The second-order valence-corrected chi connectivity index (χ2v) is 8.57. The number of hydrogen-bond donors (Lipinski definition) is 0. The van der Waals surface area contributed by atoms with Crippen molar-refractivity contribution in [2.45, 2.75) is 30.3 Å². The highest BCUT2D eigenvalue weighted by molar-refractivity contribution is 7.93. The van der Waals surface area contributed by atoms with Gasteiger partial charge in [-0.1, -0.05) is 30.3 Å². The van der Waals surface area contributed by atoms with Gasteiger partial charge >= 0.3 is 6.18 Å². The first kappa shape index (κ1) is 15.8. The highest BCUT2D eigenvalue weighted by Crippen LogP contribution is 2.51. The van der Waals surface area contributed by atoms with E-state index in [9.17, 15) is 21.6 Å². The third-order valence-corrected chi connectivity index (χ3v) is 7.48. The van der Waals surface area contributed by atoms with Gasteiger partial charge in [0.1, 0.15) is 0 Å². The standard InChI is InChI=1S/C15H18F3NO2S/c16-15(17,18)14-11-19(9-12-5-2-1-3-6-12)10-13(14)7-4-8-22(14,20)21/h1-3,5-6,13H,4,7-11H2/t13-,14+/m0/s1. The molecule has 3 nitrogen and oxygen atoms in total. The molecule has 2 aliphatic heterocycles. The first-order chi connectivity index (χ1) is 10.3. The van der Waals surface area contributed by atoms with E-state index in [-0.39, 0.29) is 12.3 Å². The molecule has 1 aromatic rings. The van der Waals surface area contributed by atoms with Crippen LogP contribution in [-0.2, 0) is 16.4 Å². The van der Waals surface area contributed by atoms with Crippen LogP contribution in [0.1, 0.15) is 18.4 Å². The van der Waals surface area contributed by atoms with Crippen LogP contribution in [0, 0.1) is 5.92 Å². The lowest BCUT2D eigenvalue weighted by Crippen LogP contribution is -2.60. The van der Waals surface area contributed by atoms with Gasteiger partial charge < -0.3 is 0 Å². The predicted octanol–water partition coefficient (Wildman–Crippen LogP) is 2.63. The summed E-state index contributed by atoms with van der Waals surface area (Å²) in [6.45, 7) is 0.0940. The van der Waals surface area contributed by atoms with E-state index < -0.39 is 33.2 Å². The summed E-state index contributed by atoms with van der Waals surface area (Å²) in [5.41, 5.74) is 0.899. The molecule has 2 aliphatic rings. The molecule has 0 saturated carbocycles. The van der Waals surface area contributed by atoms with Crippen LogP contribution in [0.15, 0.2) is 30.3 Å². The van der Waals surface area contributed by atoms with E-state index in [0.29, 0.717) is 19.4 Å². The first-order valence-electron chi connectivity index (χ1n) is 7.31. The fourth-order valence-electron chi connectivity index (χ4n) is 3.82. The maximum Gasteiger partial charge on any atom is 0.409 e. The molecule has 22 heavy (non-hydrogen) atoms. The van der Waals surface area contributed by atoms with Crippen molar-refractivity contribution < 1.29 is 21.6 Å². The number of alkyl halides is 3. The third-order valence-electron chi connectivity index (χ3n) is 4.85. The molecule has 0 aromatic heterocycles. The summed E-state index contributed by atoms with van der Waals surface area (Å²) in [5, 5.41) is 0. The molecule has 2 atom stereocenters. The van der Waals surface area contributed by atoms with Gasteiger partial charge in [-0.15, -0.1) is 0 Å². The smallest absolute Gasteiger partial charge is 0.297 e. The van der Waals surface area contributed by atoms with E-state index in [1.54, 1.807) is 4.90 Å². The molecular formula is C15H18F3NO2S. The number of nitrogens with zero attached hydrogens (tertiary/aromatic N) is 1. The Morgan fingerprint density at radius 1 is 1.23 bits per heavy atom. The lowest BCUT2D eigenvalue weighted by molar-refractivity contribution is -0.168. The van der Waals surface area contributed by atoms with Gasteiger partial charge in [-0.05, 0) is 18.4 Å². The Kier molecular flexibility index (Phi) is 3.76. The molecule has 0 radical (unpaired) electrons. The number of fused-ring (bicyclic) bond motifs is 1. The predicted molar refractivity (Wildman–Crippen MR) is 77.0 cm³/mol. The normalized spacial score (nSPS) is 31.9. The second kappa shape index (κ2) is 5.23. The van der Waals surface area contributed by atoms with Crippen molar-refractivity contribution in [3.05, 3.63) is 35.9 Å². The van der Waals surface area contributed by atoms with E-state index in [1.807, 2.05) is 30.3 Å². The summed E-state index contributed by atoms with van der Waals surface area (Å²) in [5.74, 6) is -1.21. The van der Waals surface area contributed by atoms with Crippen LogP contribution in [-0.4, -0.2) is 43.1 Å². The Bertz CT molecular complexity index is 645. The molecule has 0 amide bonds. The van der Waals surface area contributed by atoms with Gasteiger partial charge in [0, 0.05) is 25.6 Å². The molecule has 0 aliphatic carbocycles. The highest BCUT2D eigenvalue weighted by atomic mass is 32.2. The van der Waals surface area contributed by atoms with Crippen molar-refractivity contribution in [3.63, 3.8) is 0 Å². The molecule has 0 bridgehead atoms. The van der Waals surface area contributed by atoms with Crippen LogP contribution in [0.3, 0.4) is 0 Å². The fraction of sp³-hybridized carbons (Fsp3) is 0.600. The molecule has 0 N–H and O–H groups in total. The van der Waals surface area contributed by atoms with Crippen LogP contribution in [0.5, 0.6) is 0 Å². The first-order valence-corrected chi connectivity index (χ1v) is 8.97. The van der Waals surface area contributed by atoms with Gasteiger partial charge in [0.2, 0.25) is 0 Å². The van der Waals surface area contributed by atoms with Crippen molar-refractivity contribution in [2.24, 2.45) is 5.92 Å². The van der Waals surface area contributed by atoms with E-state index in [1.165, 1.54) is 0 Å². The SMILES string of the molecule is O=S1(=O)CCC[C@H]2CN(Cc3ccccc3)C[C@]21C(F)(F)F. The lowest BCUT2D eigenvalue weighted by atomic mass is 9.90. The van der Waals surface area contributed by atoms with Gasteiger partial charge in [0.15, 0.2) is 14.6 Å². The lowest BCUT2D eigenvalue weighted by Gasteiger charge is -2.39. The molecule has 2 saturated heterocycles. The number of likely N-dealkylation sites (tertiary alicyclic amines) is 1. The zero-order chi connectivity index (χ0) is 16.0. The number of hydrogen-bond acceptors (Lipinski definition) is 3. The largest absolute Gasteiger partial charge is 0.409 e. The van der Waals surface area contributed by atoms with E-state index in [0.717, 1.165) is 5.56 Å². The van der Waals surface area contributed by atoms with Gasteiger partial charge in [-0.3, -0.25) is 4.90 Å². The zero-order valence-corrected chi connectivity index (χ0v) is 12.8. The third kappa shape index (κ3) is 2.34. The molecule has 3 rings (SSSR count). The van der Waals surface area contributed by atoms with Crippen LogP contribution >= 0.6 is 0 Å². The molecule has 0 spiro atoms. The monoisotopic (exact) mass is 333 g/mol. The average Bonchev–Trinajstić information content (AvgIpc) is 2.80. The number of benzene rings is 1. The van der Waals surface area contributed by atoms with E-state index in [4.69, 9.17) is 0 Å². The van der Waals surface area contributed by atoms with Crippen LogP contribution in [0.2, 0.25) is 0 Å². The minimum absolute atomic E-state index is 0.188. The molecule has 1 aromatic carbocycles. The molecular weight excluding hydrogens is 315 g/mol. The van der Waals surface area contributed by atoms with Crippen molar-refractivity contribution in [1.82, 2.24) is 4.90 Å². The molecule has 0 unspecified atom stereocenters. The summed E-state index contributed by atoms with van der Waals surface area (Å²) < 4.78 is 63.1. The molecule has 2 fully saturated rings. The Hall–Kier alpha value is -1.08. The second-order valence-electron chi connectivity index (χ2n) is 6.20. The van der Waals surface area contributed by atoms with Crippen molar-refractivity contribution in [1.29, 1.82) is 0 Å². The van der Waals surface area contributed by atoms with Gasteiger partial charge in [-0.25, -0.2) is 8.42 Å². The minimum atomic E-state index is -4.72. The van der Waals surface area contributed by atoms with Crippen molar-refractivity contribution in [3.8, 4) is 0 Å². The quantitative estimate of drug-likeness (QED) is 0.835. The average molecular weight is 333 g/mol. The summed E-state index contributed by atoms with van der Waals surface area (Å²) in [4.78, 5) is 1.64. The summed E-state index contributed by atoms with van der Waals surface area (Å²) in [7, 11) is -4.17. The maximum atomic E-state index is 13.7. The van der Waals surface area contributed by atoms with Crippen molar-refractivity contribution in [2.75, 3.05) is 18.8 Å². The highest BCUT2D eigenvalue weighted by Gasteiger charge is 2.71. The molecule has 7 heteroatoms. The maximum absolute atomic E-state index is 13.7. The molecule has 2 heterocycles. The van der Waals surface area contributed by atoms with Crippen LogP contribution in [0.25, 0.3) is 0 Å². The Morgan fingerprint density at radius 2 is 1.91 bits per heavy atom. The van der Waals surface area contributed by atoms with E-state index >= 15 is 0 Å². The van der Waals surface area contributed by atoms with Crippen molar-refractivity contribution >= 4 is 9.84 Å². The Labute approximate surface area is 128 Å². The zero-order valence-electron chi connectivity index (χ0n) is 12.0. The Balaban J connectivity index is 1.92. The van der Waals surface area contributed by atoms with Crippen LogP contribution < -0.4 is 0 Å². The number of rotatable bonds is 2. The number of sulfone groups is 1. The Morgan fingerprint density at radius 3 is 2.50 bits per heavy atom. The van der Waals surface area contributed by atoms with Gasteiger partial charge in [0.25, 0.3) is 0 Å². The topological polar surface area (TPSA) is 37.4 Å². The molecule has 122 valence electrons.